The van der Waals surface area contributed by atoms with Crippen LogP contribution in [-0.2, 0) is 9.53 Å². The summed E-state index contributed by atoms with van der Waals surface area (Å²) in [5, 5.41) is 9.45. The molecule has 1 amide bonds. The van der Waals surface area contributed by atoms with Crippen LogP contribution in [0.3, 0.4) is 0 Å². The molecule has 17 heavy (non-hydrogen) atoms. The number of hydrogen-bond acceptors (Lipinski definition) is 3. The first-order valence-electron chi connectivity index (χ1n) is 6.68. The quantitative estimate of drug-likeness (QED) is 0.803. The second-order valence-electron chi connectivity index (χ2n) is 5.40. The average molecular weight is 241 g/mol. The Morgan fingerprint density at radius 3 is 2.65 bits per heavy atom. The van der Waals surface area contributed by atoms with Crippen LogP contribution in [0, 0.1) is 11.3 Å². The molecule has 0 aromatic rings. The van der Waals surface area contributed by atoms with Crippen molar-refractivity contribution >= 4 is 5.91 Å². The summed E-state index contributed by atoms with van der Waals surface area (Å²) < 4.78 is 5.26. The minimum atomic E-state index is 0.0585. The van der Waals surface area contributed by atoms with Crippen LogP contribution < -0.4 is 0 Å². The average Bonchev–Trinajstić information content (AvgIpc) is 2.92. The molecule has 1 unspecified atom stereocenters. The summed E-state index contributed by atoms with van der Waals surface area (Å²) in [4.78, 5) is 14.1. The largest absolute Gasteiger partial charge is 0.396 e. The van der Waals surface area contributed by atoms with Crippen molar-refractivity contribution in [2.75, 3.05) is 32.9 Å². The fraction of sp³-hybridized carbons (Fsp3) is 0.923. The molecule has 2 aliphatic heterocycles. The molecule has 2 heterocycles. The van der Waals surface area contributed by atoms with E-state index in [0.29, 0.717) is 6.61 Å². The van der Waals surface area contributed by atoms with E-state index < -0.39 is 0 Å². The van der Waals surface area contributed by atoms with Gasteiger partial charge < -0.3 is 14.7 Å². The Morgan fingerprint density at radius 1 is 1.47 bits per heavy atom. The molecule has 1 atom stereocenters. The topological polar surface area (TPSA) is 49.8 Å². The normalized spacial score (nSPS) is 28.4. The maximum atomic E-state index is 12.2. The summed E-state index contributed by atoms with van der Waals surface area (Å²) in [6.45, 7) is 5.28. The molecule has 0 aromatic heterocycles. The van der Waals surface area contributed by atoms with Crippen molar-refractivity contribution in [1.29, 1.82) is 0 Å². The third-order valence-electron chi connectivity index (χ3n) is 4.50. The third kappa shape index (κ3) is 2.63. The fourth-order valence-electron chi connectivity index (χ4n) is 2.81. The van der Waals surface area contributed by atoms with E-state index in [4.69, 9.17) is 4.74 Å². The van der Waals surface area contributed by atoms with E-state index in [9.17, 15) is 9.90 Å². The monoisotopic (exact) mass is 241 g/mol. The van der Waals surface area contributed by atoms with Gasteiger partial charge in [0.2, 0.25) is 5.91 Å². The number of amides is 1. The highest BCUT2D eigenvalue weighted by atomic mass is 16.5. The molecule has 2 rings (SSSR count). The number of hydrogen-bond donors (Lipinski definition) is 1. The fourth-order valence-corrected chi connectivity index (χ4v) is 2.81. The second-order valence-corrected chi connectivity index (χ2v) is 5.40. The number of carbonyl (C=O) groups is 1. The predicted octanol–water partition coefficient (Wildman–Crippen LogP) is 1.03. The molecule has 2 fully saturated rings. The molecule has 2 aliphatic rings. The molecule has 0 aliphatic carbocycles. The number of carbonyl (C=O) groups excluding carboxylic acids is 1. The molecule has 0 saturated carbocycles. The number of likely N-dealkylation sites (tertiary alicyclic amines) is 1. The number of aliphatic hydroxyl groups excluding tert-OH is 1. The highest BCUT2D eigenvalue weighted by molar-refractivity contribution is 5.79. The number of rotatable bonds is 3. The Hall–Kier alpha value is -0.610. The molecule has 2 saturated heterocycles. The molecule has 0 bridgehead atoms. The molecule has 4 heteroatoms. The van der Waals surface area contributed by atoms with Crippen molar-refractivity contribution in [2.45, 2.75) is 32.6 Å². The van der Waals surface area contributed by atoms with E-state index in [0.717, 1.165) is 45.4 Å². The van der Waals surface area contributed by atoms with E-state index in [1.807, 2.05) is 4.90 Å². The van der Waals surface area contributed by atoms with Crippen LogP contribution in [0.25, 0.3) is 0 Å². The van der Waals surface area contributed by atoms with Gasteiger partial charge in [-0.25, -0.2) is 0 Å². The Labute approximate surface area is 103 Å². The lowest BCUT2D eigenvalue weighted by molar-refractivity contribution is -0.138. The zero-order valence-corrected chi connectivity index (χ0v) is 10.7. The van der Waals surface area contributed by atoms with Gasteiger partial charge in [0.25, 0.3) is 0 Å². The highest BCUT2D eigenvalue weighted by Gasteiger charge is 2.36. The van der Waals surface area contributed by atoms with Crippen molar-refractivity contribution in [1.82, 2.24) is 4.90 Å². The van der Waals surface area contributed by atoms with Gasteiger partial charge in [-0.3, -0.25) is 4.79 Å². The SMILES string of the molecule is CCC1(CO)CCN(C(=O)C2CCOC2)CC1. The maximum Gasteiger partial charge on any atom is 0.228 e. The molecule has 0 aromatic carbocycles. The number of nitrogens with zero attached hydrogens (tertiary/aromatic N) is 1. The van der Waals surface area contributed by atoms with Crippen LogP contribution in [0.2, 0.25) is 0 Å². The van der Waals surface area contributed by atoms with Crippen molar-refractivity contribution in [3.8, 4) is 0 Å². The van der Waals surface area contributed by atoms with Crippen LogP contribution in [0.15, 0.2) is 0 Å². The predicted molar refractivity (Wildman–Crippen MR) is 64.5 cm³/mol. The van der Waals surface area contributed by atoms with Crippen molar-refractivity contribution < 1.29 is 14.6 Å². The number of aliphatic hydroxyl groups is 1. The lowest BCUT2D eigenvalue weighted by atomic mass is 9.77. The van der Waals surface area contributed by atoms with Crippen LogP contribution >= 0.6 is 0 Å². The van der Waals surface area contributed by atoms with Gasteiger partial charge in [-0.15, -0.1) is 0 Å². The number of piperidine rings is 1. The van der Waals surface area contributed by atoms with Gasteiger partial charge in [-0.2, -0.15) is 0 Å². The molecule has 98 valence electrons. The Balaban J connectivity index is 1.87. The van der Waals surface area contributed by atoms with Crippen molar-refractivity contribution in [3.63, 3.8) is 0 Å². The van der Waals surface area contributed by atoms with Gasteiger partial charge in [0.1, 0.15) is 0 Å². The first-order valence-corrected chi connectivity index (χ1v) is 6.68. The van der Waals surface area contributed by atoms with E-state index >= 15 is 0 Å². The first-order chi connectivity index (χ1) is 8.21. The summed E-state index contributed by atoms with van der Waals surface area (Å²) in [6, 6.07) is 0. The summed E-state index contributed by atoms with van der Waals surface area (Å²) in [5.41, 5.74) is 0.0585. The summed E-state index contributed by atoms with van der Waals surface area (Å²) in [7, 11) is 0. The Morgan fingerprint density at radius 2 is 2.18 bits per heavy atom. The summed E-state index contributed by atoms with van der Waals surface area (Å²) in [5.74, 6) is 0.336. The molecular weight excluding hydrogens is 218 g/mol. The lowest BCUT2D eigenvalue weighted by Crippen LogP contribution is -2.46. The van der Waals surface area contributed by atoms with Gasteiger partial charge >= 0.3 is 0 Å². The zero-order valence-electron chi connectivity index (χ0n) is 10.7. The summed E-state index contributed by atoms with van der Waals surface area (Å²) >= 11 is 0. The van der Waals surface area contributed by atoms with Crippen LogP contribution in [0.5, 0.6) is 0 Å². The van der Waals surface area contributed by atoms with Gasteiger partial charge in [0.05, 0.1) is 12.5 Å². The van der Waals surface area contributed by atoms with Crippen molar-refractivity contribution in [2.24, 2.45) is 11.3 Å². The molecule has 1 N–H and O–H groups in total. The van der Waals surface area contributed by atoms with Crippen LogP contribution in [0.4, 0.5) is 0 Å². The molecule has 0 spiro atoms. The highest BCUT2D eigenvalue weighted by Crippen LogP contribution is 2.34. The minimum Gasteiger partial charge on any atom is -0.396 e. The van der Waals surface area contributed by atoms with E-state index in [-0.39, 0.29) is 23.8 Å². The standard InChI is InChI=1S/C13H23NO3/c1-2-13(10-15)4-6-14(7-5-13)12(16)11-3-8-17-9-11/h11,15H,2-10H2,1H3. The smallest absolute Gasteiger partial charge is 0.228 e. The molecule has 0 radical (unpaired) electrons. The zero-order chi connectivity index (χ0) is 12.3. The van der Waals surface area contributed by atoms with Gasteiger partial charge in [-0.05, 0) is 31.1 Å². The van der Waals surface area contributed by atoms with E-state index in [2.05, 4.69) is 6.92 Å². The van der Waals surface area contributed by atoms with E-state index in [1.54, 1.807) is 0 Å². The van der Waals surface area contributed by atoms with Gasteiger partial charge in [-0.1, -0.05) is 6.92 Å². The maximum absolute atomic E-state index is 12.2. The van der Waals surface area contributed by atoms with Gasteiger partial charge in [0.15, 0.2) is 0 Å². The lowest BCUT2D eigenvalue weighted by Gasteiger charge is -2.40. The Kier molecular flexibility index (Phi) is 4.05. The summed E-state index contributed by atoms with van der Waals surface area (Å²) in [6.07, 6.45) is 3.73. The van der Waals surface area contributed by atoms with E-state index in [1.165, 1.54) is 0 Å². The molecular formula is C13H23NO3. The third-order valence-corrected chi connectivity index (χ3v) is 4.50. The van der Waals surface area contributed by atoms with Crippen LogP contribution in [-0.4, -0.2) is 48.8 Å². The molecule has 4 nitrogen and oxygen atoms in total. The van der Waals surface area contributed by atoms with Crippen molar-refractivity contribution in [3.05, 3.63) is 0 Å². The van der Waals surface area contributed by atoms with Gasteiger partial charge in [0, 0.05) is 26.3 Å². The first kappa shape index (κ1) is 12.8. The van der Waals surface area contributed by atoms with Crippen LogP contribution in [0.1, 0.15) is 32.6 Å². The number of ether oxygens (including phenoxy) is 1. The Bertz CT molecular complexity index is 260. The minimum absolute atomic E-state index is 0.0585. The second kappa shape index (κ2) is 5.36.